The van der Waals surface area contributed by atoms with Gasteiger partial charge >= 0.3 is 0 Å². The molecule has 0 radical (unpaired) electrons. The van der Waals surface area contributed by atoms with Crippen LogP contribution < -0.4 is 5.32 Å². The van der Waals surface area contributed by atoms with Crippen molar-refractivity contribution >= 4 is 11.2 Å². The number of hydrogen-bond donors (Lipinski definition) is 1. The zero-order valence-electron chi connectivity index (χ0n) is 15.0. The Morgan fingerprint density at radius 2 is 2.04 bits per heavy atom. The van der Waals surface area contributed by atoms with E-state index in [0.29, 0.717) is 19.8 Å². The second-order valence-corrected chi connectivity index (χ2v) is 5.95. The molecule has 1 aliphatic rings. The van der Waals surface area contributed by atoms with E-state index in [4.69, 9.17) is 18.9 Å². The molecule has 0 unspecified atom stereocenters. The standard InChI is InChI=1S/C16H25N5O4/c1-10-12-15(19-8-18-10)21(9-20-12)16-14(24-6-5-22-3)13(17-2)11(25-16)7-23-4/h8-9,11,13-14,16-17H,5-7H2,1-4H3/t11-,13-,14-,16-/m1/s1. The van der Waals surface area contributed by atoms with Gasteiger partial charge in [-0.05, 0) is 14.0 Å². The van der Waals surface area contributed by atoms with Crippen molar-refractivity contribution in [1.82, 2.24) is 24.8 Å². The number of nitrogens with one attached hydrogen (secondary N) is 1. The number of ether oxygens (including phenoxy) is 4. The molecule has 3 rings (SSSR count). The van der Waals surface area contributed by atoms with E-state index in [-0.39, 0.29) is 24.5 Å². The van der Waals surface area contributed by atoms with E-state index in [1.807, 2.05) is 18.5 Å². The zero-order valence-corrected chi connectivity index (χ0v) is 15.0. The van der Waals surface area contributed by atoms with Crippen LogP contribution in [0.4, 0.5) is 0 Å². The molecule has 25 heavy (non-hydrogen) atoms. The van der Waals surface area contributed by atoms with Crippen molar-refractivity contribution < 1.29 is 18.9 Å². The number of rotatable bonds is 8. The van der Waals surface area contributed by atoms with Gasteiger partial charge in [0.2, 0.25) is 0 Å². The molecule has 0 aliphatic carbocycles. The highest BCUT2D eigenvalue weighted by Gasteiger charge is 2.46. The van der Waals surface area contributed by atoms with Crippen molar-refractivity contribution in [2.24, 2.45) is 0 Å². The lowest BCUT2D eigenvalue weighted by Crippen LogP contribution is -2.45. The van der Waals surface area contributed by atoms with Crippen LogP contribution >= 0.6 is 0 Å². The quantitative estimate of drug-likeness (QED) is 0.679. The first-order valence-corrected chi connectivity index (χ1v) is 8.27. The van der Waals surface area contributed by atoms with E-state index in [0.717, 1.165) is 16.9 Å². The Morgan fingerprint density at radius 1 is 1.20 bits per heavy atom. The monoisotopic (exact) mass is 351 g/mol. The molecule has 0 amide bonds. The number of nitrogens with zero attached hydrogens (tertiary/aromatic N) is 4. The van der Waals surface area contributed by atoms with Crippen molar-refractivity contribution in [2.45, 2.75) is 31.4 Å². The zero-order chi connectivity index (χ0) is 17.8. The van der Waals surface area contributed by atoms with Crippen molar-refractivity contribution in [2.75, 3.05) is 41.1 Å². The van der Waals surface area contributed by atoms with Crippen LogP contribution in [0.15, 0.2) is 12.7 Å². The molecular weight excluding hydrogens is 326 g/mol. The maximum absolute atomic E-state index is 6.25. The molecule has 1 saturated heterocycles. The molecule has 4 atom stereocenters. The maximum atomic E-state index is 6.25. The summed E-state index contributed by atoms with van der Waals surface area (Å²) >= 11 is 0. The molecule has 9 nitrogen and oxygen atoms in total. The molecule has 0 bridgehead atoms. The van der Waals surface area contributed by atoms with Gasteiger partial charge in [0.05, 0.1) is 37.9 Å². The third-order valence-electron chi connectivity index (χ3n) is 4.43. The van der Waals surface area contributed by atoms with Crippen molar-refractivity contribution in [3.05, 3.63) is 18.3 Å². The predicted octanol–water partition coefficient (Wildman–Crippen LogP) is 0.298. The van der Waals surface area contributed by atoms with Gasteiger partial charge in [-0.3, -0.25) is 4.57 Å². The fraction of sp³-hybridized carbons (Fsp3) is 0.688. The Labute approximate surface area is 146 Å². The number of aromatic nitrogens is 4. The molecule has 1 fully saturated rings. The Bertz CT molecular complexity index is 694. The Balaban J connectivity index is 1.93. The van der Waals surface area contributed by atoms with Crippen LogP contribution in [0.1, 0.15) is 11.9 Å². The SMILES string of the molecule is CN[C@H]1[C@@H](OCCOC)[C@H](n2cnc3c(C)ncnc32)O[C@@H]1COC. The Morgan fingerprint density at radius 3 is 2.76 bits per heavy atom. The van der Waals surface area contributed by atoms with Crippen LogP contribution in [0.25, 0.3) is 11.2 Å². The number of aryl methyl sites for hydroxylation is 1. The number of fused-ring (bicyclic) bond motifs is 1. The predicted molar refractivity (Wildman–Crippen MR) is 90.3 cm³/mol. The van der Waals surface area contributed by atoms with Crippen LogP contribution in [0.3, 0.4) is 0 Å². The highest BCUT2D eigenvalue weighted by Crippen LogP contribution is 2.33. The van der Waals surface area contributed by atoms with Gasteiger partial charge in [0.15, 0.2) is 11.9 Å². The minimum absolute atomic E-state index is 0.0257. The van der Waals surface area contributed by atoms with Crippen LogP contribution in [0, 0.1) is 6.92 Å². The van der Waals surface area contributed by atoms with Crippen molar-refractivity contribution in [3.8, 4) is 0 Å². The summed E-state index contributed by atoms with van der Waals surface area (Å²) in [6.45, 7) is 3.36. The van der Waals surface area contributed by atoms with Gasteiger partial charge in [0, 0.05) is 14.2 Å². The van der Waals surface area contributed by atoms with Crippen LogP contribution in [0.2, 0.25) is 0 Å². The van der Waals surface area contributed by atoms with Crippen LogP contribution in [-0.2, 0) is 18.9 Å². The number of imidazole rings is 1. The lowest BCUT2D eigenvalue weighted by Gasteiger charge is -2.24. The normalized spacial score (nSPS) is 26.6. The number of methoxy groups -OCH3 is 2. The summed E-state index contributed by atoms with van der Waals surface area (Å²) in [5.41, 5.74) is 2.32. The molecular formula is C16H25N5O4. The summed E-state index contributed by atoms with van der Waals surface area (Å²) in [6.07, 6.45) is 2.52. The molecule has 138 valence electrons. The van der Waals surface area contributed by atoms with E-state index < -0.39 is 0 Å². The second-order valence-electron chi connectivity index (χ2n) is 5.95. The average Bonchev–Trinajstić information content (AvgIpc) is 3.18. The molecule has 0 saturated carbocycles. The van der Waals surface area contributed by atoms with Gasteiger partial charge in [0.25, 0.3) is 0 Å². The van der Waals surface area contributed by atoms with Gasteiger partial charge < -0.3 is 24.3 Å². The smallest absolute Gasteiger partial charge is 0.165 e. The summed E-state index contributed by atoms with van der Waals surface area (Å²) in [5.74, 6) is 0. The molecule has 0 spiro atoms. The summed E-state index contributed by atoms with van der Waals surface area (Å²) in [4.78, 5) is 13.0. The van der Waals surface area contributed by atoms with Crippen molar-refractivity contribution in [1.29, 1.82) is 0 Å². The Hall–Kier alpha value is -1.65. The minimum Gasteiger partial charge on any atom is -0.382 e. The van der Waals surface area contributed by atoms with E-state index in [1.165, 1.54) is 6.33 Å². The van der Waals surface area contributed by atoms with Crippen LogP contribution in [0.5, 0.6) is 0 Å². The lowest BCUT2D eigenvalue weighted by atomic mass is 10.1. The van der Waals surface area contributed by atoms with Gasteiger partial charge in [0.1, 0.15) is 24.1 Å². The lowest BCUT2D eigenvalue weighted by molar-refractivity contribution is -0.0778. The molecule has 2 aromatic rings. The van der Waals surface area contributed by atoms with Gasteiger partial charge in [-0.1, -0.05) is 0 Å². The van der Waals surface area contributed by atoms with Crippen LogP contribution in [-0.4, -0.2) is 78.9 Å². The van der Waals surface area contributed by atoms with Crippen molar-refractivity contribution in [3.63, 3.8) is 0 Å². The van der Waals surface area contributed by atoms with E-state index >= 15 is 0 Å². The Kier molecular flexibility index (Phi) is 5.92. The highest BCUT2D eigenvalue weighted by molar-refractivity contribution is 5.72. The van der Waals surface area contributed by atoms with E-state index in [2.05, 4.69) is 20.3 Å². The minimum atomic E-state index is -0.367. The largest absolute Gasteiger partial charge is 0.382 e. The number of likely N-dealkylation sites (N-methyl/N-ethyl adjacent to an activating group) is 1. The molecule has 3 heterocycles. The summed E-state index contributed by atoms with van der Waals surface area (Å²) < 4.78 is 24.6. The summed E-state index contributed by atoms with van der Waals surface area (Å²) in [7, 11) is 5.20. The first-order chi connectivity index (χ1) is 12.2. The van der Waals surface area contributed by atoms with Gasteiger partial charge in [-0.2, -0.15) is 0 Å². The topological polar surface area (TPSA) is 92.6 Å². The van der Waals surface area contributed by atoms with E-state index in [1.54, 1.807) is 20.5 Å². The molecule has 0 aromatic carbocycles. The average molecular weight is 351 g/mol. The highest BCUT2D eigenvalue weighted by atomic mass is 16.6. The number of hydrogen-bond acceptors (Lipinski definition) is 8. The van der Waals surface area contributed by atoms with Gasteiger partial charge in [-0.25, -0.2) is 15.0 Å². The summed E-state index contributed by atoms with van der Waals surface area (Å²) in [6, 6.07) is -0.0257. The molecule has 9 heteroatoms. The molecule has 1 N–H and O–H groups in total. The van der Waals surface area contributed by atoms with Gasteiger partial charge in [-0.15, -0.1) is 0 Å². The fourth-order valence-corrected chi connectivity index (χ4v) is 3.22. The molecule has 2 aromatic heterocycles. The summed E-state index contributed by atoms with van der Waals surface area (Å²) in [5, 5.41) is 3.29. The fourth-order valence-electron chi connectivity index (χ4n) is 3.22. The molecule has 1 aliphatic heterocycles. The second kappa shape index (κ2) is 8.15. The van der Waals surface area contributed by atoms with E-state index in [9.17, 15) is 0 Å². The third kappa shape index (κ3) is 3.51. The first kappa shape index (κ1) is 18.2. The third-order valence-corrected chi connectivity index (χ3v) is 4.43. The first-order valence-electron chi connectivity index (χ1n) is 8.27. The maximum Gasteiger partial charge on any atom is 0.165 e.